The molecule has 11 amide bonds. The molecule has 0 aromatic rings. The third-order valence-electron chi connectivity index (χ3n) is 11.6. The highest BCUT2D eigenvalue weighted by atomic mass is 16.3. The van der Waals surface area contributed by atoms with Crippen LogP contribution < -0.4 is 75.7 Å². The molecule has 10 atom stereocenters. The lowest BCUT2D eigenvalue weighted by molar-refractivity contribution is -0.136. The van der Waals surface area contributed by atoms with Gasteiger partial charge in [0.15, 0.2) is 0 Å². The quantitative estimate of drug-likeness (QED) is 0.0401. The van der Waals surface area contributed by atoms with Crippen LogP contribution in [0.4, 0.5) is 0 Å². The zero-order valence-corrected chi connectivity index (χ0v) is 43.2. The molecule has 416 valence electrons. The van der Waals surface area contributed by atoms with E-state index < -0.39 is 146 Å². The number of carbonyl (C=O) groups is 11. The molecule has 27 nitrogen and oxygen atoms in total. The van der Waals surface area contributed by atoms with Gasteiger partial charge in [-0.2, -0.15) is 0 Å². The number of nitrogens with two attached hydrogens (primary N) is 3. The minimum atomic E-state index is -1.62. The van der Waals surface area contributed by atoms with Gasteiger partial charge in [-0.15, -0.1) is 0 Å². The molecule has 0 saturated carbocycles. The largest absolute Gasteiger partial charge is 0.391 e. The molecular weight excluding hydrogens is 957 g/mol. The average Bonchev–Trinajstić information content (AvgIpc) is 3.32. The lowest BCUT2D eigenvalue weighted by Crippen LogP contribution is -2.61. The van der Waals surface area contributed by atoms with Crippen LogP contribution in [-0.2, 0) is 52.7 Å². The van der Waals surface area contributed by atoms with Crippen LogP contribution in [0.2, 0.25) is 0 Å². The smallest absolute Gasteiger partial charge is 0.245 e. The summed E-state index contributed by atoms with van der Waals surface area (Å²) in [5, 5.41) is 48.2. The molecule has 73 heavy (non-hydrogen) atoms. The number of unbranched alkanes of at least 4 members (excludes halogenated alkanes) is 4. The second-order valence-electron chi connectivity index (χ2n) is 18.4. The zero-order chi connectivity index (χ0) is 55.2. The van der Waals surface area contributed by atoms with Crippen molar-refractivity contribution in [2.75, 3.05) is 39.3 Å². The summed E-state index contributed by atoms with van der Waals surface area (Å²) in [7, 11) is 0. The predicted octanol–water partition coefficient (Wildman–Crippen LogP) is -5.76. The van der Waals surface area contributed by atoms with E-state index >= 15 is 0 Å². The molecule has 0 aromatic heterocycles. The number of hydrogen-bond donors (Lipinski definition) is 16. The van der Waals surface area contributed by atoms with Gasteiger partial charge in [-0.05, 0) is 84.3 Å². The third kappa shape index (κ3) is 25.0. The van der Waals surface area contributed by atoms with E-state index in [9.17, 15) is 63.0 Å². The molecule has 0 aliphatic carbocycles. The van der Waals surface area contributed by atoms with Gasteiger partial charge in [0.1, 0.15) is 48.3 Å². The first-order valence-electron chi connectivity index (χ1n) is 25.2. The van der Waals surface area contributed by atoms with Crippen LogP contribution >= 0.6 is 0 Å². The molecule has 19 N–H and O–H groups in total. The van der Waals surface area contributed by atoms with Gasteiger partial charge in [0.25, 0.3) is 0 Å². The summed E-state index contributed by atoms with van der Waals surface area (Å²) in [5.41, 5.74) is 17.3. The Kier molecular flexibility index (Phi) is 31.3. The summed E-state index contributed by atoms with van der Waals surface area (Å²) in [6, 6.07) is -11.5. The van der Waals surface area contributed by atoms with Crippen molar-refractivity contribution in [2.24, 2.45) is 23.1 Å². The number of hydrogen-bond acceptors (Lipinski definition) is 16. The molecule has 27 heteroatoms. The number of nitrogens with one attached hydrogen (secondary N) is 11. The molecule has 0 bridgehead atoms. The van der Waals surface area contributed by atoms with Crippen LogP contribution in [0, 0.1) is 5.92 Å². The second kappa shape index (κ2) is 35.2. The highest BCUT2D eigenvalue weighted by molar-refractivity contribution is 5.98. The van der Waals surface area contributed by atoms with Gasteiger partial charge in [0.05, 0.1) is 25.3 Å². The Morgan fingerprint density at radius 3 is 1.81 bits per heavy atom. The van der Waals surface area contributed by atoms with Crippen molar-refractivity contribution >= 4 is 65.0 Å². The summed E-state index contributed by atoms with van der Waals surface area (Å²) in [6.45, 7) is 7.58. The minimum Gasteiger partial charge on any atom is -0.391 e. The first-order valence-corrected chi connectivity index (χ1v) is 25.2. The first kappa shape index (κ1) is 65.0. The van der Waals surface area contributed by atoms with Gasteiger partial charge in [-0.25, -0.2) is 0 Å². The average molecular weight is 1040 g/mol. The van der Waals surface area contributed by atoms with Crippen LogP contribution in [0.15, 0.2) is 0 Å². The number of aliphatic hydroxyl groups excluding tert-OH is 2. The molecule has 1 rings (SSSR count). The van der Waals surface area contributed by atoms with E-state index in [2.05, 4.69) is 65.4 Å². The maximum Gasteiger partial charge on any atom is 0.245 e. The first-order chi connectivity index (χ1) is 34.5. The van der Waals surface area contributed by atoms with Crippen molar-refractivity contribution in [1.82, 2.24) is 58.5 Å². The van der Waals surface area contributed by atoms with Crippen molar-refractivity contribution < 1.29 is 63.0 Å². The lowest BCUT2D eigenvalue weighted by Gasteiger charge is -2.27. The van der Waals surface area contributed by atoms with E-state index in [-0.39, 0.29) is 70.0 Å². The summed E-state index contributed by atoms with van der Waals surface area (Å²) >= 11 is 0. The van der Waals surface area contributed by atoms with E-state index in [1.54, 1.807) is 20.8 Å². The summed E-state index contributed by atoms with van der Waals surface area (Å²) < 4.78 is 0. The molecule has 1 saturated heterocycles. The maximum atomic E-state index is 14.1. The van der Waals surface area contributed by atoms with Crippen molar-refractivity contribution in [1.29, 1.82) is 0 Å². The van der Waals surface area contributed by atoms with Crippen LogP contribution in [0.25, 0.3) is 0 Å². The van der Waals surface area contributed by atoms with Crippen molar-refractivity contribution in [3.8, 4) is 0 Å². The summed E-state index contributed by atoms with van der Waals surface area (Å²) in [4.78, 5) is 148. The van der Waals surface area contributed by atoms with Crippen LogP contribution in [0.1, 0.15) is 119 Å². The van der Waals surface area contributed by atoms with Crippen LogP contribution in [-0.4, -0.2) is 175 Å². The van der Waals surface area contributed by atoms with Gasteiger partial charge in [0.2, 0.25) is 65.0 Å². The number of aliphatic hydroxyl groups is 2. The summed E-state index contributed by atoms with van der Waals surface area (Å²) in [5.74, 6) is -9.49. The van der Waals surface area contributed by atoms with E-state index in [0.717, 1.165) is 25.7 Å². The fraction of sp³-hybridized carbons (Fsp3) is 0.761. The van der Waals surface area contributed by atoms with Crippen molar-refractivity contribution in [3.63, 3.8) is 0 Å². The molecule has 0 unspecified atom stereocenters. The Morgan fingerprint density at radius 2 is 1.23 bits per heavy atom. The molecule has 1 heterocycles. The lowest BCUT2D eigenvalue weighted by atomic mass is 10.0. The SMILES string of the molecule is CCCCCCCC(=O)NCC(=O)N[C@H](C(=O)N[C@@H](CCN)C(=O)N[C@H]1CCNC(=O)[C@H]([C@@H](C)O)NC(=O)[C@H](CC)NC(=O)[C@H](CCN)NC(=O)[C@H](CC(C)C)NC(=O)CNC(=O)[C@H](CCN)NC1=O)[C@@H](C)O. The standard InChI is InChI=1S/C46H84N14O13/c1-7-9-10-11-12-13-34(63)51-23-36(65)59-38(27(6)62)46(73)58-31(16-20-49)42(69)57-32-17-21-50-45(72)37(26(5)61)60-40(67)28(8-2)54-41(68)30(15-19-48)56-44(71)33(22-25(3)4)53-35(64)24-52-39(66)29(14-18-47)55-43(32)70/h25-33,37-38,61-62H,7-24,47-49H2,1-6H3,(H,50,72)(H,51,63)(H,52,66)(H,53,64)(H,54,68)(H,55,70)(H,56,71)(H,57,69)(H,58,73)(H,59,65)(H,60,67)/t26-,27-,28+,29+,30+,31+,32+,33+,37+,38+/m1/s1. The van der Waals surface area contributed by atoms with E-state index in [0.29, 0.717) is 6.42 Å². The third-order valence-corrected chi connectivity index (χ3v) is 11.6. The fourth-order valence-corrected chi connectivity index (χ4v) is 7.41. The molecule has 0 radical (unpaired) electrons. The monoisotopic (exact) mass is 1040 g/mol. The highest BCUT2D eigenvalue weighted by Gasteiger charge is 2.35. The summed E-state index contributed by atoms with van der Waals surface area (Å²) in [6.07, 6.45) is 0.868. The Labute approximate surface area is 427 Å². The highest BCUT2D eigenvalue weighted by Crippen LogP contribution is 2.09. The van der Waals surface area contributed by atoms with Gasteiger partial charge >= 0.3 is 0 Å². The number of amides is 11. The van der Waals surface area contributed by atoms with Gasteiger partial charge in [-0.1, -0.05) is 53.4 Å². The van der Waals surface area contributed by atoms with Gasteiger partial charge in [-0.3, -0.25) is 52.7 Å². The van der Waals surface area contributed by atoms with Gasteiger partial charge in [0, 0.05) is 13.0 Å². The normalized spacial score (nSPS) is 22.8. The molecule has 0 aromatic carbocycles. The topological polar surface area (TPSA) is 439 Å². The number of carbonyl (C=O) groups excluding carboxylic acids is 11. The van der Waals surface area contributed by atoms with E-state index in [4.69, 9.17) is 17.2 Å². The van der Waals surface area contributed by atoms with Crippen molar-refractivity contribution in [3.05, 3.63) is 0 Å². The molecule has 0 spiro atoms. The Balaban J connectivity index is 3.55. The molecular formula is C46H84N14O13. The molecule has 1 aliphatic heterocycles. The maximum absolute atomic E-state index is 14.1. The fourth-order valence-electron chi connectivity index (χ4n) is 7.41. The molecule has 1 aliphatic rings. The Morgan fingerprint density at radius 1 is 0.644 bits per heavy atom. The number of rotatable bonds is 24. The van der Waals surface area contributed by atoms with E-state index in [1.807, 2.05) is 0 Å². The Bertz CT molecular complexity index is 1840. The van der Waals surface area contributed by atoms with Crippen LogP contribution in [0.3, 0.4) is 0 Å². The predicted molar refractivity (Wildman–Crippen MR) is 267 cm³/mol. The van der Waals surface area contributed by atoms with Crippen molar-refractivity contribution in [2.45, 2.75) is 179 Å². The van der Waals surface area contributed by atoms with E-state index in [1.165, 1.54) is 13.8 Å². The second-order valence-corrected chi connectivity index (χ2v) is 18.4. The van der Waals surface area contributed by atoms with Crippen LogP contribution in [0.5, 0.6) is 0 Å². The Hall–Kier alpha value is -6.03. The molecule has 1 fully saturated rings. The minimum absolute atomic E-state index is 0.00662. The van der Waals surface area contributed by atoms with Gasteiger partial charge < -0.3 is 85.9 Å². The zero-order valence-electron chi connectivity index (χ0n) is 43.2.